The van der Waals surface area contributed by atoms with Gasteiger partial charge in [-0.3, -0.25) is 10.00 Å². The van der Waals surface area contributed by atoms with Gasteiger partial charge in [-0.1, -0.05) is 0 Å². The van der Waals surface area contributed by atoms with Crippen molar-refractivity contribution in [2.24, 2.45) is 5.92 Å². The molecule has 0 bridgehead atoms. The Balaban J connectivity index is 1.74. The summed E-state index contributed by atoms with van der Waals surface area (Å²) in [7, 11) is 2.04. The molecule has 84 valence electrons. The predicted molar refractivity (Wildman–Crippen MR) is 60.5 cm³/mol. The number of aromatic nitrogens is 2. The summed E-state index contributed by atoms with van der Waals surface area (Å²) >= 11 is 0. The topological polar surface area (TPSA) is 44.0 Å². The zero-order valence-electron chi connectivity index (χ0n) is 9.37. The first-order chi connectivity index (χ1) is 7.38. The van der Waals surface area contributed by atoms with Gasteiger partial charge < -0.3 is 5.32 Å². The predicted octanol–water partition coefficient (Wildman–Crippen LogP) is 0.841. The minimum absolute atomic E-state index is 0.869. The van der Waals surface area contributed by atoms with E-state index >= 15 is 0 Å². The van der Waals surface area contributed by atoms with Crippen molar-refractivity contribution in [3.63, 3.8) is 0 Å². The molecule has 0 radical (unpaired) electrons. The molecule has 0 aliphatic carbocycles. The lowest BCUT2D eigenvalue weighted by molar-refractivity contribution is 0.175. The van der Waals surface area contributed by atoms with Gasteiger partial charge in [-0.05, 0) is 51.5 Å². The van der Waals surface area contributed by atoms with Crippen LogP contribution in [0.5, 0.6) is 0 Å². The van der Waals surface area contributed by atoms with Crippen molar-refractivity contribution in [3.05, 3.63) is 18.0 Å². The van der Waals surface area contributed by atoms with Crippen molar-refractivity contribution in [2.75, 3.05) is 26.7 Å². The first kappa shape index (κ1) is 10.6. The van der Waals surface area contributed by atoms with E-state index in [1.807, 2.05) is 13.2 Å². The van der Waals surface area contributed by atoms with Crippen molar-refractivity contribution in [1.29, 1.82) is 0 Å². The van der Waals surface area contributed by atoms with Crippen LogP contribution in [0.3, 0.4) is 0 Å². The number of likely N-dealkylation sites (tertiary alicyclic amines) is 1. The lowest BCUT2D eigenvalue weighted by atomic mass is 9.97. The Kier molecular flexibility index (Phi) is 3.75. The second-order valence-electron chi connectivity index (χ2n) is 4.36. The van der Waals surface area contributed by atoms with Crippen LogP contribution < -0.4 is 5.32 Å². The van der Waals surface area contributed by atoms with Gasteiger partial charge in [0.2, 0.25) is 0 Å². The van der Waals surface area contributed by atoms with E-state index in [2.05, 4.69) is 26.5 Å². The molecule has 1 saturated heterocycles. The average molecular weight is 208 g/mol. The zero-order valence-corrected chi connectivity index (χ0v) is 9.37. The maximum Gasteiger partial charge on any atom is 0.0492 e. The number of nitrogens with zero attached hydrogens (tertiary/aromatic N) is 2. The average Bonchev–Trinajstić information content (AvgIpc) is 2.74. The van der Waals surface area contributed by atoms with Crippen molar-refractivity contribution in [3.8, 4) is 0 Å². The Morgan fingerprint density at radius 2 is 2.33 bits per heavy atom. The van der Waals surface area contributed by atoms with E-state index in [9.17, 15) is 0 Å². The molecule has 0 saturated carbocycles. The van der Waals surface area contributed by atoms with E-state index in [-0.39, 0.29) is 0 Å². The first-order valence-corrected chi connectivity index (χ1v) is 5.73. The number of H-pyrrole nitrogens is 1. The second-order valence-corrected chi connectivity index (χ2v) is 4.36. The number of nitrogens with one attached hydrogen (secondary N) is 2. The van der Waals surface area contributed by atoms with E-state index in [4.69, 9.17) is 0 Å². The number of hydrogen-bond donors (Lipinski definition) is 2. The van der Waals surface area contributed by atoms with Crippen LogP contribution >= 0.6 is 0 Å². The normalized spacial score (nSPS) is 19.5. The van der Waals surface area contributed by atoms with Crippen molar-refractivity contribution >= 4 is 0 Å². The van der Waals surface area contributed by atoms with Crippen molar-refractivity contribution in [2.45, 2.75) is 19.4 Å². The summed E-state index contributed by atoms with van der Waals surface area (Å²) in [6.45, 7) is 4.61. The molecule has 2 heterocycles. The highest BCUT2D eigenvalue weighted by Gasteiger charge is 2.18. The van der Waals surface area contributed by atoms with Gasteiger partial charge in [0.25, 0.3) is 0 Å². The fourth-order valence-electron chi connectivity index (χ4n) is 2.25. The van der Waals surface area contributed by atoms with E-state index in [1.54, 1.807) is 0 Å². The third-order valence-electron chi connectivity index (χ3n) is 3.15. The summed E-state index contributed by atoms with van der Waals surface area (Å²) < 4.78 is 0. The molecule has 1 aliphatic rings. The molecule has 1 fully saturated rings. The molecule has 2 rings (SSSR count). The van der Waals surface area contributed by atoms with Gasteiger partial charge in [0.05, 0.1) is 0 Å². The minimum Gasteiger partial charge on any atom is -0.319 e. The summed E-state index contributed by atoms with van der Waals surface area (Å²) in [5.74, 6) is 0.869. The van der Waals surface area contributed by atoms with E-state index in [0.717, 1.165) is 19.0 Å². The van der Waals surface area contributed by atoms with Gasteiger partial charge in [0.1, 0.15) is 0 Å². The molecular weight excluding hydrogens is 188 g/mol. The number of aromatic amines is 1. The Hall–Kier alpha value is -0.870. The first-order valence-electron chi connectivity index (χ1n) is 5.73. The van der Waals surface area contributed by atoms with Crippen LogP contribution in [0.2, 0.25) is 0 Å². The third kappa shape index (κ3) is 3.04. The highest BCUT2D eigenvalue weighted by Crippen LogP contribution is 2.17. The number of piperidine rings is 1. The molecular formula is C11H20N4. The minimum atomic E-state index is 0.869. The molecule has 0 aromatic carbocycles. The Morgan fingerprint density at radius 3 is 2.93 bits per heavy atom. The van der Waals surface area contributed by atoms with Crippen LogP contribution in [-0.4, -0.2) is 41.8 Å². The van der Waals surface area contributed by atoms with E-state index in [0.29, 0.717) is 0 Å². The van der Waals surface area contributed by atoms with Crippen LogP contribution in [0.25, 0.3) is 0 Å². The Bertz CT molecular complexity index is 262. The zero-order chi connectivity index (χ0) is 10.5. The number of hydrogen-bond acceptors (Lipinski definition) is 3. The molecule has 0 spiro atoms. The standard InChI is InChI=1S/C11H20N4/c1-12-8-10-3-6-15(7-4-10)9-11-2-5-13-14-11/h2,5,10,12H,3-4,6-9H2,1H3,(H,13,14). The van der Waals surface area contributed by atoms with Gasteiger partial charge >= 0.3 is 0 Å². The van der Waals surface area contributed by atoms with Crippen molar-refractivity contribution in [1.82, 2.24) is 20.4 Å². The molecule has 0 atom stereocenters. The lowest BCUT2D eigenvalue weighted by Crippen LogP contribution is -2.36. The molecule has 0 unspecified atom stereocenters. The van der Waals surface area contributed by atoms with E-state index < -0.39 is 0 Å². The second kappa shape index (κ2) is 5.28. The van der Waals surface area contributed by atoms with Crippen LogP contribution in [0, 0.1) is 5.92 Å². The third-order valence-corrected chi connectivity index (χ3v) is 3.15. The Morgan fingerprint density at radius 1 is 1.53 bits per heavy atom. The highest BCUT2D eigenvalue weighted by atomic mass is 15.2. The quantitative estimate of drug-likeness (QED) is 0.770. The maximum atomic E-state index is 3.97. The summed E-state index contributed by atoms with van der Waals surface area (Å²) in [4.78, 5) is 2.50. The fourth-order valence-corrected chi connectivity index (χ4v) is 2.25. The number of rotatable bonds is 4. The van der Waals surface area contributed by atoms with Gasteiger partial charge in [-0.25, -0.2) is 0 Å². The molecule has 1 aromatic rings. The molecule has 1 aromatic heterocycles. The molecule has 0 amide bonds. The SMILES string of the molecule is CNCC1CCN(Cc2ccn[nH]2)CC1. The van der Waals surface area contributed by atoms with E-state index in [1.165, 1.54) is 31.6 Å². The smallest absolute Gasteiger partial charge is 0.0492 e. The monoisotopic (exact) mass is 208 g/mol. The maximum absolute atomic E-state index is 3.97. The van der Waals surface area contributed by atoms with Gasteiger partial charge in [-0.2, -0.15) is 5.10 Å². The highest BCUT2D eigenvalue weighted by molar-refractivity contribution is 4.97. The van der Waals surface area contributed by atoms with Gasteiger partial charge in [0.15, 0.2) is 0 Å². The fraction of sp³-hybridized carbons (Fsp3) is 0.727. The van der Waals surface area contributed by atoms with Gasteiger partial charge in [0, 0.05) is 18.4 Å². The molecule has 2 N–H and O–H groups in total. The molecule has 15 heavy (non-hydrogen) atoms. The van der Waals surface area contributed by atoms with Crippen LogP contribution in [0.15, 0.2) is 12.3 Å². The summed E-state index contributed by atoms with van der Waals surface area (Å²) in [6, 6.07) is 2.06. The molecule has 4 heteroatoms. The van der Waals surface area contributed by atoms with Crippen molar-refractivity contribution < 1.29 is 0 Å². The Labute approximate surface area is 91.1 Å². The van der Waals surface area contributed by atoms with Crippen LogP contribution in [-0.2, 0) is 6.54 Å². The lowest BCUT2D eigenvalue weighted by Gasteiger charge is -2.31. The molecule has 4 nitrogen and oxygen atoms in total. The summed E-state index contributed by atoms with van der Waals surface area (Å²) in [5, 5.41) is 10.3. The largest absolute Gasteiger partial charge is 0.319 e. The summed E-state index contributed by atoms with van der Waals surface area (Å²) in [6.07, 6.45) is 4.45. The summed E-state index contributed by atoms with van der Waals surface area (Å²) in [5.41, 5.74) is 1.22. The van der Waals surface area contributed by atoms with Crippen LogP contribution in [0.4, 0.5) is 0 Å². The molecule has 1 aliphatic heterocycles. The van der Waals surface area contributed by atoms with Gasteiger partial charge in [-0.15, -0.1) is 0 Å². The van der Waals surface area contributed by atoms with Crippen LogP contribution in [0.1, 0.15) is 18.5 Å².